The number of anilines is 1. The van der Waals surface area contributed by atoms with Crippen molar-refractivity contribution in [2.45, 2.75) is 13.3 Å². The summed E-state index contributed by atoms with van der Waals surface area (Å²) in [6.07, 6.45) is 4.59. The Hall–Kier alpha value is -1.47. The molecule has 0 saturated heterocycles. The van der Waals surface area contributed by atoms with Crippen molar-refractivity contribution in [1.82, 2.24) is 19.6 Å². The second-order valence-corrected chi connectivity index (χ2v) is 6.65. The predicted molar refractivity (Wildman–Crippen MR) is 79.7 cm³/mol. The molecule has 3 aromatic heterocycles. The molecule has 0 aliphatic heterocycles. The van der Waals surface area contributed by atoms with Gasteiger partial charge >= 0.3 is 0 Å². The third-order valence-corrected chi connectivity index (χ3v) is 4.47. The van der Waals surface area contributed by atoms with Crippen molar-refractivity contribution in [3.05, 3.63) is 39.0 Å². The highest BCUT2D eigenvalue weighted by Crippen LogP contribution is 2.22. The summed E-state index contributed by atoms with van der Waals surface area (Å²) >= 11 is 5.22. The van der Waals surface area contributed by atoms with E-state index in [1.807, 2.05) is 17.5 Å². The third-order valence-electron chi connectivity index (χ3n) is 2.79. The first-order chi connectivity index (χ1) is 9.24. The Bertz CT molecular complexity index is 705. The Morgan fingerprint density at radius 3 is 3.05 bits per heavy atom. The van der Waals surface area contributed by atoms with Gasteiger partial charge in [0.05, 0.1) is 3.79 Å². The van der Waals surface area contributed by atoms with E-state index in [4.69, 9.17) is 0 Å². The summed E-state index contributed by atoms with van der Waals surface area (Å²) in [5.41, 5.74) is 0.771. The molecule has 0 aromatic carbocycles. The highest BCUT2D eigenvalue weighted by Gasteiger charge is 2.07. The second-order valence-electron chi connectivity index (χ2n) is 4.10. The fourth-order valence-corrected chi connectivity index (χ4v) is 3.34. The molecule has 0 radical (unpaired) electrons. The third kappa shape index (κ3) is 2.62. The highest BCUT2D eigenvalue weighted by atomic mass is 79.9. The van der Waals surface area contributed by atoms with Crippen molar-refractivity contribution in [2.24, 2.45) is 0 Å². The number of aryl methyl sites for hydroxylation is 1. The summed E-state index contributed by atoms with van der Waals surface area (Å²) in [4.78, 5) is 5.65. The minimum absolute atomic E-state index is 0.771. The Labute approximate surface area is 122 Å². The Morgan fingerprint density at radius 1 is 1.37 bits per heavy atom. The molecule has 3 aromatic rings. The van der Waals surface area contributed by atoms with Crippen LogP contribution in [-0.4, -0.2) is 26.1 Å². The molecule has 3 heterocycles. The van der Waals surface area contributed by atoms with Crippen LogP contribution in [0.25, 0.3) is 5.65 Å². The van der Waals surface area contributed by atoms with Gasteiger partial charge in [-0.1, -0.05) is 0 Å². The minimum Gasteiger partial charge on any atom is -0.367 e. The summed E-state index contributed by atoms with van der Waals surface area (Å²) in [6, 6.07) is 4.20. The fourth-order valence-electron chi connectivity index (χ4n) is 1.86. The lowest BCUT2D eigenvalue weighted by Gasteiger charge is -2.05. The molecule has 0 aliphatic rings. The molecule has 5 nitrogen and oxygen atoms in total. The number of hydrogen-bond donors (Lipinski definition) is 1. The number of fused-ring (bicyclic) bond motifs is 1. The predicted octanol–water partition coefficient (Wildman–Crippen LogP) is 2.91. The number of aromatic nitrogens is 4. The number of halogens is 1. The number of nitrogens with one attached hydrogen (secondary N) is 1. The van der Waals surface area contributed by atoms with Gasteiger partial charge in [-0.25, -0.2) is 4.98 Å². The van der Waals surface area contributed by atoms with Crippen LogP contribution in [0, 0.1) is 6.92 Å². The van der Waals surface area contributed by atoms with Crippen LogP contribution in [0.2, 0.25) is 0 Å². The molecule has 1 N–H and O–H groups in total. The quantitative estimate of drug-likeness (QED) is 0.795. The number of nitrogens with zero attached hydrogens (tertiary/aromatic N) is 4. The normalized spacial score (nSPS) is 11.1. The molecule has 0 saturated carbocycles. The first kappa shape index (κ1) is 12.6. The van der Waals surface area contributed by atoms with Crippen LogP contribution in [0.1, 0.15) is 10.7 Å². The molecular formula is C12H12BrN5S. The molecule has 0 amide bonds. The van der Waals surface area contributed by atoms with E-state index >= 15 is 0 Å². The Morgan fingerprint density at radius 2 is 2.26 bits per heavy atom. The molecular weight excluding hydrogens is 326 g/mol. The zero-order chi connectivity index (χ0) is 13.2. The zero-order valence-corrected chi connectivity index (χ0v) is 12.7. The molecule has 0 spiro atoms. The van der Waals surface area contributed by atoms with Crippen molar-refractivity contribution in [1.29, 1.82) is 0 Å². The van der Waals surface area contributed by atoms with Gasteiger partial charge in [-0.15, -0.1) is 21.5 Å². The summed E-state index contributed by atoms with van der Waals surface area (Å²) in [6.45, 7) is 2.75. The standard InChI is InChI=1S/C12H12BrN5S/c1-8-16-17-12-11(15-6-7-18(8)12)14-5-4-9-2-3-10(13)19-9/h2-3,6-7H,4-5H2,1H3,(H,14,15). The number of hydrogen-bond acceptors (Lipinski definition) is 5. The van der Waals surface area contributed by atoms with E-state index < -0.39 is 0 Å². The van der Waals surface area contributed by atoms with Crippen LogP contribution < -0.4 is 5.32 Å². The van der Waals surface area contributed by atoms with E-state index in [9.17, 15) is 0 Å². The van der Waals surface area contributed by atoms with Crippen molar-refractivity contribution < 1.29 is 0 Å². The van der Waals surface area contributed by atoms with Crippen LogP contribution in [-0.2, 0) is 6.42 Å². The SMILES string of the molecule is Cc1nnc2c(NCCc3ccc(Br)s3)nccn12. The lowest BCUT2D eigenvalue weighted by atomic mass is 10.3. The van der Waals surface area contributed by atoms with E-state index in [0.29, 0.717) is 0 Å². The van der Waals surface area contributed by atoms with Gasteiger partial charge in [-0.05, 0) is 41.4 Å². The van der Waals surface area contributed by atoms with Crippen LogP contribution >= 0.6 is 27.3 Å². The average molecular weight is 338 g/mol. The first-order valence-electron chi connectivity index (χ1n) is 5.88. The van der Waals surface area contributed by atoms with E-state index in [2.05, 4.69) is 48.6 Å². The molecule has 0 bridgehead atoms. The maximum Gasteiger partial charge on any atom is 0.203 e. The Balaban J connectivity index is 1.71. The molecule has 3 rings (SSSR count). The van der Waals surface area contributed by atoms with Crippen molar-refractivity contribution in [3.63, 3.8) is 0 Å². The molecule has 98 valence electrons. The smallest absolute Gasteiger partial charge is 0.203 e. The van der Waals surface area contributed by atoms with Crippen LogP contribution in [0.5, 0.6) is 0 Å². The second kappa shape index (κ2) is 5.26. The summed E-state index contributed by atoms with van der Waals surface area (Å²) in [5.74, 6) is 1.64. The number of rotatable bonds is 4. The molecule has 0 atom stereocenters. The summed E-state index contributed by atoms with van der Waals surface area (Å²) in [7, 11) is 0. The van der Waals surface area contributed by atoms with Crippen LogP contribution in [0.15, 0.2) is 28.3 Å². The molecule has 19 heavy (non-hydrogen) atoms. The Kier molecular flexibility index (Phi) is 3.48. The van der Waals surface area contributed by atoms with Gasteiger partial charge in [-0.3, -0.25) is 4.40 Å². The maximum absolute atomic E-state index is 4.32. The number of thiophene rings is 1. The van der Waals surface area contributed by atoms with Gasteiger partial charge in [0, 0.05) is 23.8 Å². The van der Waals surface area contributed by atoms with Crippen LogP contribution in [0.4, 0.5) is 5.82 Å². The van der Waals surface area contributed by atoms with E-state index in [0.717, 1.165) is 34.0 Å². The largest absolute Gasteiger partial charge is 0.367 e. The van der Waals surface area contributed by atoms with Gasteiger partial charge in [0.1, 0.15) is 5.82 Å². The molecule has 0 fully saturated rings. The summed E-state index contributed by atoms with van der Waals surface area (Å²) < 4.78 is 3.09. The zero-order valence-electron chi connectivity index (χ0n) is 10.3. The van der Waals surface area contributed by atoms with E-state index in [1.165, 1.54) is 4.88 Å². The fraction of sp³-hybridized carbons (Fsp3) is 0.250. The highest BCUT2D eigenvalue weighted by molar-refractivity contribution is 9.11. The first-order valence-corrected chi connectivity index (χ1v) is 7.49. The van der Waals surface area contributed by atoms with Crippen LogP contribution in [0.3, 0.4) is 0 Å². The van der Waals surface area contributed by atoms with Crippen molar-refractivity contribution in [2.75, 3.05) is 11.9 Å². The molecule has 7 heteroatoms. The lowest BCUT2D eigenvalue weighted by molar-refractivity contribution is 0.994. The minimum atomic E-state index is 0.771. The lowest BCUT2D eigenvalue weighted by Crippen LogP contribution is -2.07. The average Bonchev–Trinajstić information content (AvgIpc) is 2.98. The monoisotopic (exact) mass is 337 g/mol. The topological polar surface area (TPSA) is 55.1 Å². The van der Waals surface area contributed by atoms with E-state index in [1.54, 1.807) is 17.5 Å². The van der Waals surface area contributed by atoms with Crippen molar-refractivity contribution in [3.8, 4) is 0 Å². The van der Waals surface area contributed by atoms with Gasteiger partial charge in [0.15, 0.2) is 5.82 Å². The van der Waals surface area contributed by atoms with Gasteiger partial charge < -0.3 is 5.32 Å². The summed E-state index contributed by atoms with van der Waals surface area (Å²) in [5, 5.41) is 11.5. The van der Waals surface area contributed by atoms with Gasteiger partial charge in [0.25, 0.3) is 0 Å². The van der Waals surface area contributed by atoms with E-state index in [-0.39, 0.29) is 0 Å². The van der Waals surface area contributed by atoms with Gasteiger partial charge in [0.2, 0.25) is 5.65 Å². The molecule has 0 unspecified atom stereocenters. The van der Waals surface area contributed by atoms with Crippen molar-refractivity contribution >= 4 is 38.7 Å². The molecule has 0 aliphatic carbocycles. The van der Waals surface area contributed by atoms with Gasteiger partial charge in [-0.2, -0.15) is 0 Å². The maximum atomic E-state index is 4.32.